The van der Waals surface area contributed by atoms with Gasteiger partial charge < -0.3 is 10.1 Å². The molecule has 2 aliphatic rings. The summed E-state index contributed by atoms with van der Waals surface area (Å²) in [5.41, 5.74) is 4.47. The molecule has 1 N–H and O–H groups in total. The lowest BCUT2D eigenvalue weighted by Gasteiger charge is -2.42. The second-order valence-electron chi connectivity index (χ2n) is 6.49. The Morgan fingerprint density at radius 3 is 2.17 bits per heavy atom. The van der Waals surface area contributed by atoms with Gasteiger partial charge in [-0.1, -0.05) is 18.2 Å². The first-order valence-electron chi connectivity index (χ1n) is 8.36. The minimum absolute atomic E-state index is 0. The molecule has 0 saturated carbocycles. The molecule has 3 rings (SSSR count). The van der Waals surface area contributed by atoms with E-state index in [2.05, 4.69) is 42.3 Å². The molecule has 2 aliphatic heterocycles. The normalized spacial score (nSPS) is 21.1. The number of halogens is 2. The summed E-state index contributed by atoms with van der Waals surface area (Å²) in [5, 5.41) is 3.49. The van der Waals surface area contributed by atoms with E-state index in [9.17, 15) is 0 Å². The van der Waals surface area contributed by atoms with E-state index in [-0.39, 0.29) is 24.8 Å². The molecule has 0 radical (unpaired) electrons. The van der Waals surface area contributed by atoms with Crippen LogP contribution in [0.1, 0.15) is 35.6 Å². The van der Waals surface area contributed by atoms with Crippen molar-refractivity contribution in [2.24, 2.45) is 5.92 Å². The Morgan fingerprint density at radius 2 is 1.61 bits per heavy atom. The van der Waals surface area contributed by atoms with Crippen LogP contribution >= 0.6 is 24.8 Å². The van der Waals surface area contributed by atoms with Gasteiger partial charge in [0.2, 0.25) is 0 Å². The van der Waals surface area contributed by atoms with E-state index < -0.39 is 0 Å². The van der Waals surface area contributed by atoms with Gasteiger partial charge in [-0.25, -0.2) is 0 Å². The predicted octanol–water partition coefficient (Wildman–Crippen LogP) is 3.52. The molecule has 0 amide bonds. The monoisotopic (exact) mass is 360 g/mol. The molecule has 1 aromatic rings. The van der Waals surface area contributed by atoms with E-state index in [1.165, 1.54) is 24.0 Å². The van der Waals surface area contributed by atoms with Crippen molar-refractivity contribution in [2.45, 2.75) is 32.7 Å². The maximum Gasteiger partial charge on any atom is 0.0469 e. The fourth-order valence-corrected chi connectivity index (χ4v) is 4.00. The molecule has 3 nitrogen and oxygen atoms in total. The molecule has 5 heteroatoms. The fraction of sp³-hybridized carbons (Fsp3) is 0.667. The van der Waals surface area contributed by atoms with Crippen molar-refractivity contribution < 1.29 is 4.74 Å². The van der Waals surface area contributed by atoms with Crippen molar-refractivity contribution in [2.75, 3.05) is 39.4 Å². The highest BCUT2D eigenvalue weighted by Crippen LogP contribution is 2.38. The Balaban J connectivity index is 0.00000132. The predicted molar refractivity (Wildman–Crippen MR) is 101 cm³/mol. The molecule has 0 unspecified atom stereocenters. The zero-order valence-corrected chi connectivity index (χ0v) is 15.8. The van der Waals surface area contributed by atoms with E-state index in [1.807, 2.05) is 0 Å². The Bertz CT molecular complexity index is 434. The molecular formula is C18H30Cl2N2O. The van der Waals surface area contributed by atoms with Gasteiger partial charge in [0.05, 0.1) is 0 Å². The van der Waals surface area contributed by atoms with Gasteiger partial charge in [-0.15, -0.1) is 24.8 Å². The van der Waals surface area contributed by atoms with Gasteiger partial charge in [0, 0.05) is 45.4 Å². The molecule has 0 aromatic heterocycles. The summed E-state index contributed by atoms with van der Waals surface area (Å²) in [7, 11) is 0. The van der Waals surface area contributed by atoms with Crippen LogP contribution in [0.4, 0.5) is 0 Å². The largest absolute Gasteiger partial charge is 0.381 e. The van der Waals surface area contributed by atoms with Crippen LogP contribution in [0, 0.1) is 19.8 Å². The average Bonchev–Trinajstić information content (AvgIpc) is 2.53. The standard InChI is InChI=1S/C18H28N2O.2ClH/c1-14-4-3-5-15(2)17(14)18(16-6-12-21-13-7-16)20-10-8-19-9-11-20;;/h3-5,16,18-19H,6-13H2,1-2H3;2*1H/t18-;;/m1../s1. The van der Waals surface area contributed by atoms with E-state index in [0.29, 0.717) is 6.04 Å². The molecule has 2 fully saturated rings. The van der Waals surface area contributed by atoms with E-state index in [1.54, 1.807) is 5.56 Å². The minimum atomic E-state index is 0. The number of ether oxygens (including phenoxy) is 1. The zero-order chi connectivity index (χ0) is 14.7. The SMILES string of the molecule is Cc1cccc(C)c1[C@@H](C1CCOCC1)N1CCNCC1.Cl.Cl. The van der Waals surface area contributed by atoms with Crippen molar-refractivity contribution in [3.05, 3.63) is 34.9 Å². The van der Waals surface area contributed by atoms with Crippen LogP contribution in [-0.4, -0.2) is 44.3 Å². The van der Waals surface area contributed by atoms with E-state index >= 15 is 0 Å². The molecular weight excluding hydrogens is 331 g/mol. The van der Waals surface area contributed by atoms with Crippen molar-refractivity contribution >= 4 is 24.8 Å². The van der Waals surface area contributed by atoms with Gasteiger partial charge in [-0.05, 0) is 49.3 Å². The van der Waals surface area contributed by atoms with Gasteiger partial charge in [-0.3, -0.25) is 4.90 Å². The molecule has 2 saturated heterocycles. The first-order chi connectivity index (χ1) is 10.3. The number of rotatable bonds is 3. The topological polar surface area (TPSA) is 24.5 Å². The highest BCUT2D eigenvalue weighted by molar-refractivity contribution is 5.85. The number of aryl methyl sites for hydroxylation is 2. The lowest BCUT2D eigenvalue weighted by atomic mass is 9.82. The summed E-state index contributed by atoms with van der Waals surface area (Å²) in [6.07, 6.45) is 2.39. The highest BCUT2D eigenvalue weighted by atomic mass is 35.5. The molecule has 23 heavy (non-hydrogen) atoms. The van der Waals surface area contributed by atoms with E-state index in [4.69, 9.17) is 4.74 Å². The lowest BCUT2D eigenvalue weighted by molar-refractivity contribution is 0.0209. The van der Waals surface area contributed by atoms with Gasteiger partial charge in [0.1, 0.15) is 0 Å². The number of hydrogen-bond donors (Lipinski definition) is 1. The Kier molecular flexibility index (Phi) is 8.88. The van der Waals surface area contributed by atoms with Crippen molar-refractivity contribution in [1.29, 1.82) is 0 Å². The Labute approximate surface area is 153 Å². The summed E-state index contributed by atoms with van der Waals surface area (Å²) in [6, 6.07) is 7.30. The summed E-state index contributed by atoms with van der Waals surface area (Å²) in [6.45, 7) is 11.0. The van der Waals surface area contributed by atoms with Crippen LogP contribution in [0.15, 0.2) is 18.2 Å². The van der Waals surface area contributed by atoms with Crippen LogP contribution < -0.4 is 5.32 Å². The zero-order valence-electron chi connectivity index (χ0n) is 14.2. The molecule has 1 aromatic carbocycles. The second-order valence-corrected chi connectivity index (χ2v) is 6.49. The Morgan fingerprint density at radius 1 is 1.04 bits per heavy atom. The third kappa shape index (κ3) is 4.83. The molecule has 0 spiro atoms. The quantitative estimate of drug-likeness (QED) is 0.892. The number of hydrogen-bond acceptors (Lipinski definition) is 3. The van der Waals surface area contributed by atoms with Crippen LogP contribution in [0.2, 0.25) is 0 Å². The fourth-order valence-electron chi connectivity index (χ4n) is 4.00. The van der Waals surface area contributed by atoms with Crippen molar-refractivity contribution in [1.82, 2.24) is 10.2 Å². The van der Waals surface area contributed by atoms with Crippen molar-refractivity contribution in [3.63, 3.8) is 0 Å². The maximum atomic E-state index is 5.60. The Hall–Kier alpha value is -0.320. The smallest absolute Gasteiger partial charge is 0.0469 e. The molecule has 132 valence electrons. The molecule has 1 atom stereocenters. The third-order valence-corrected chi connectivity index (χ3v) is 5.10. The number of nitrogens with one attached hydrogen (secondary N) is 1. The van der Waals surface area contributed by atoms with Gasteiger partial charge >= 0.3 is 0 Å². The van der Waals surface area contributed by atoms with Gasteiger partial charge in [0.15, 0.2) is 0 Å². The van der Waals surface area contributed by atoms with Crippen LogP contribution in [0.25, 0.3) is 0 Å². The summed E-state index contributed by atoms with van der Waals surface area (Å²) in [4.78, 5) is 2.71. The summed E-state index contributed by atoms with van der Waals surface area (Å²) < 4.78 is 5.60. The van der Waals surface area contributed by atoms with E-state index in [0.717, 1.165) is 45.3 Å². The van der Waals surface area contributed by atoms with Crippen LogP contribution in [0.5, 0.6) is 0 Å². The second kappa shape index (κ2) is 9.85. The third-order valence-electron chi connectivity index (χ3n) is 5.10. The van der Waals surface area contributed by atoms with Gasteiger partial charge in [-0.2, -0.15) is 0 Å². The average molecular weight is 361 g/mol. The maximum absolute atomic E-state index is 5.60. The van der Waals surface area contributed by atoms with Crippen molar-refractivity contribution in [3.8, 4) is 0 Å². The minimum Gasteiger partial charge on any atom is -0.381 e. The van der Waals surface area contributed by atoms with Crippen LogP contribution in [0.3, 0.4) is 0 Å². The van der Waals surface area contributed by atoms with Crippen LogP contribution in [-0.2, 0) is 4.74 Å². The highest BCUT2D eigenvalue weighted by Gasteiger charge is 2.32. The summed E-state index contributed by atoms with van der Waals surface area (Å²) >= 11 is 0. The lowest BCUT2D eigenvalue weighted by Crippen LogP contribution is -2.48. The van der Waals surface area contributed by atoms with Gasteiger partial charge in [0.25, 0.3) is 0 Å². The molecule has 2 heterocycles. The first-order valence-corrected chi connectivity index (χ1v) is 8.36. The molecule has 0 bridgehead atoms. The summed E-state index contributed by atoms with van der Waals surface area (Å²) in [5.74, 6) is 0.733. The number of nitrogens with zero attached hydrogens (tertiary/aromatic N) is 1. The number of benzene rings is 1. The first kappa shape index (κ1) is 20.7. The number of piperazine rings is 1. The molecule has 0 aliphatic carbocycles.